The summed E-state index contributed by atoms with van der Waals surface area (Å²) in [4.78, 5) is 38.7. The minimum Gasteiger partial charge on any atom is -0.373 e. The third kappa shape index (κ3) is 13.3. The molecule has 0 aromatic carbocycles. The number of rotatable bonds is 21. The van der Waals surface area contributed by atoms with E-state index < -0.39 is 36.8 Å². The molecule has 0 radical (unpaired) electrons. The number of ether oxygens (including phenoxy) is 2. The zero-order valence-electron chi connectivity index (χ0n) is 25.3. The van der Waals surface area contributed by atoms with Gasteiger partial charge in [-0.2, -0.15) is 0 Å². The lowest BCUT2D eigenvalue weighted by molar-refractivity contribution is -0.122. The Hall–Kier alpha value is -1.76. The normalized spacial score (nSPS) is 21.4. The molecule has 8 nitrogen and oxygen atoms in total. The van der Waals surface area contributed by atoms with Crippen molar-refractivity contribution in [2.75, 3.05) is 19.9 Å². The molecular formula is C31H53N2O6P. The van der Waals surface area contributed by atoms with E-state index in [-0.39, 0.29) is 18.3 Å². The number of nitrogens with zero attached hydrogens (tertiary/aromatic N) is 1. The van der Waals surface area contributed by atoms with E-state index in [0.717, 1.165) is 12.8 Å². The Labute approximate surface area is 240 Å². The molecule has 1 aliphatic rings. The van der Waals surface area contributed by atoms with Crippen molar-refractivity contribution in [2.24, 2.45) is 5.92 Å². The first-order valence-electron chi connectivity index (χ1n) is 15.5. The van der Waals surface area contributed by atoms with Gasteiger partial charge in [-0.05, 0) is 25.6 Å². The number of Topliss-reactive ketones (excluding diaryl/α,β-unsaturated/α-hetero) is 1. The lowest BCUT2D eigenvalue weighted by atomic mass is 10.00. The number of hydrogen-bond donors (Lipinski definition) is 1. The summed E-state index contributed by atoms with van der Waals surface area (Å²) < 4.78 is 25.7. The lowest BCUT2D eigenvalue weighted by Crippen LogP contribution is -2.37. The molecule has 0 amide bonds. The van der Waals surface area contributed by atoms with Gasteiger partial charge in [0.15, 0.2) is 6.23 Å². The van der Waals surface area contributed by atoms with Crippen molar-refractivity contribution in [3.63, 3.8) is 0 Å². The van der Waals surface area contributed by atoms with Crippen molar-refractivity contribution < 1.29 is 18.8 Å². The quantitative estimate of drug-likeness (QED) is 0.124. The first kappa shape index (κ1) is 34.4. The molecule has 0 bridgehead atoms. The molecule has 1 aliphatic heterocycles. The number of H-pyrrole nitrogens is 1. The van der Waals surface area contributed by atoms with Crippen LogP contribution in [0.1, 0.15) is 116 Å². The van der Waals surface area contributed by atoms with Gasteiger partial charge in [-0.1, -0.05) is 97.0 Å². The summed E-state index contributed by atoms with van der Waals surface area (Å²) in [6.07, 6.45) is 18.9. The third-order valence-corrected chi connectivity index (χ3v) is 8.51. The highest BCUT2D eigenvalue weighted by Crippen LogP contribution is 2.41. The molecule has 4 atom stereocenters. The van der Waals surface area contributed by atoms with Gasteiger partial charge < -0.3 is 14.0 Å². The van der Waals surface area contributed by atoms with Gasteiger partial charge in [0.2, 0.25) is 0 Å². The highest BCUT2D eigenvalue weighted by atomic mass is 31.2. The molecule has 2 rings (SSSR count). The molecule has 40 heavy (non-hydrogen) atoms. The van der Waals surface area contributed by atoms with E-state index in [1.54, 1.807) is 25.2 Å². The van der Waals surface area contributed by atoms with Crippen molar-refractivity contribution in [3.05, 3.63) is 45.0 Å². The summed E-state index contributed by atoms with van der Waals surface area (Å²) >= 11 is 0. The van der Waals surface area contributed by atoms with Crippen LogP contribution < -0.4 is 11.2 Å². The van der Waals surface area contributed by atoms with Crippen LogP contribution in [0, 0.1) is 5.92 Å². The smallest absolute Gasteiger partial charge is 0.330 e. The third-order valence-electron chi connectivity index (χ3n) is 7.62. The highest BCUT2D eigenvalue weighted by molar-refractivity contribution is 7.65. The van der Waals surface area contributed by atoms with Gasteiger partial charge in [0.1, 0.15) is 19.0 Å². The first-order chi connectivity index (χ1) is 19.1. The second-order valence-electron chi connectivity index (χ2n) is 11.8. The van der Waals surface area contributed by atoms with Crippen LogP contribution >= 0.6 is 7.14 Å². The Balaban J connectivity index is 1.71. The van der Waals surface area contributed by atoms with E-state index in [2.05, 4.69) is 11.9 Å². The molecule has 1 aromatic heterocycles. The fourth-order valence-electron chi connectivity index (χ4n) is 5.18. The molecule has 0 aliphatic carbocycles. The van der Waals surface area contributed by atoms with E-state index >= 15 is 0 Å². The number of unbranched alkanes of at least 4 members (excludes halogenated alkanes) is 12. The summed E-state index contributed by atoms with van der Waals surface area (Å²) in [6.45, 7) is 7.78. The van der Waals surface area contributed by atoms with Crippen LogP contribution in [0.2, 0.25) is 0 Å². The van der Waals surface area contributed by atoms with Gasteiger partial charge in [-0.3, -0.25) is 19.1 Å². The first-order valence-corrected chi connectivity index (χ1v) is 18.1. The SMILES string of the molecule is CCCCCCCCCCCCCCCC(=O)CCO[C@@H]1[C@H](C)[C@@H](/C=C/P(C)(C)=O)O[C@H]1n1ccc(=O)[nH]c1=O. The molecule has 1 aromatic rings. The Morgan fingerprint density at radius 2 is 1.55 bits per heavy atom. The molecule has 0 unspecified atom stereocenters. The van der Waals surface area contributed by atoms with Crippen molar-refractivity contribution in [3.8, 4) is 0 Å². The summed E-state index contributed by atoms with van der Waals surface area (Å²) in [7, 11) is -2.40. The predicted molar refractivity (Wildman–Crippen MR) is 163 cm³/mol. The minimum atomic E-state index is -2.40. The molecule has 1 N–H and O–H groups in total. The molecule has 1 saturated heterocycles. The average Bonchev–Trinajstić information content (AvgIpc) is 3.20. The Bertz CT molecular complexity index is 1060. The number of carbonyl (C=O) groups excluding carboxylic acids is 1. The molecular weight excluding hydrogens is 527 g/mol. The zero-order chi connectivity index (χ0) is 29.4. The lowest BCUT2D eigenvalue weighted by Gasteiger charge is -2.22. The Kier molecular flexibility index (Phi) is 16.0. The maximum Gasteiger partial charge on any atom is 0.330 e. The van der Waals surface area contributed by atoms with Crippen molar-refractivity contribution >= 4 is 12.9 Å². The number of ketones is 1. The Morgan fingerprint density at radius 1 is 0.975 bits per heavy atom. The zero-order valence-corrected chi connectivity index (χ0v) is 26.2. The van der Waals surface area contributed by atoms with Gasteiger partial charge in [0.05, 0.1) is 12.7 Å². The van der Waals surface area contributed by atoms with Crippen LogP contribution in [0.3, 0.4) is 0 Å². The van der Waals surface area contributed by atoms with E-state index in [4.69, 9.17) is 9.47 Å². The second kappa shape index (κ2) is 18.6. The number of nitrogens with one attached hydrogen (secondary N) is 1. The van der Waals surface area contributed by atoms with Crippen molar-refractivity contribution in [1.29, 1.82) is 0 Å². The number of aromatic amines is 1. The summed E-state index contributed by atoms with van der Waals surface area (Å²) in [5, 5.41) is 0. The van der Waals surface area contributed by atoms with Gasteiger partial charge in [-0.25, -0.2) is 4.79 Å². The summed E-state index contributed by atoms with van der Waals surface area (Å²) in [6, 6.07) is 1.26. The molecule has 9 heteroatoms. The van der Waals surface area contributed by atoms with Gasteiger partial charge >= 0.3 is 5.69 Å². The van der Waals surface area contributed by atoms with E-state index in [1.165, 1.54) is 87.5 Å². The van der Waals surface area contributed by atoms with Gasteiger partial charge in [0, 0.05) is 31.0 Å². The minimum absolute atomic E-state index is 0.150. The van der Waals surface area contributed by atoms with E-state index in [1.807, 2.05) is 6.92 Å². The second-order valence-corrected chi connectivity index (χ2v) is 14.9. The molecule has 1 fully saturated rings. The van der Waals surface area contributed by atoms with E-state index in [9.17, 15) is 18.9 Å². The summed E-state index contributed by atoms with van der Waals surface area (Å²) in [5.74, 6) is 1.69. The Morgan fingerprint density at radius 3 is 2.10 bits per heavy atom. The van der Waals surface area contributed by atoms with Crippen LogP contribution in [0.4, 0.5) is 0 Å². The standard InChI is InChI=1S/C31H53N2O6P/c1-5-6-7-8-9-10-11-12-13-14-15-16-17-18-26(34)20-23-38-29-25(2)27(21-24-40(3,4)37)39-30(29)33-22-19-28(35)32-31(33)36/h19,21-22,24-25,27,29-30H,5-18,20,23H2,1-4H3,(H,32,35,36)/b24-21+/t25-,27-,29-,30-/m1/s1. The molecule has 0 saturated carbocycles. The topological polar surface area (TPSA) is 107 Å². The van der Waals surface area contributed by atoms with Crippen LogP contribution in [-0.4, -0.2) is 47.5 Å². The maximum atomic E-state index is 12.5. The maximum absolute atomic E-state index is 12.5. The summed E-state index contributed by atoms with van der Waals surface area (Å²) in [5.41, 5.74) is -1.07. The predicted octanol–water partition coefficient (Wildman–Crippen LogP) is 7.03. The molecule has 0 spiro atoms. The van der Waals surface area contributed by atoms with Crippen LogP contribution in [0.5, 0.6) is 0 Å². The fourth-order valence-corrected chi connectivity index (χ4v) is 5.77. The highest BCUT2D eigenvalue weighted by Gasteiger charge is 2.43. The van der Waals surface area contributed by atoms with Crippen LogP contribution in [-0.2, 0) is 18.8 Å². The average molecular weight is 581 g/mol. The largest absolute Gasteiger partial charge is 0.373 e. The van der Waals surface area contributed by atoms with E-state index in [0.29, 0.717) is 12.8 Å². The molecule has 2 heterocycles. The number of carbonyl (C=O) groups is 1. The van der Waals surface area contributed by atoms with Gasteiger partial charge in [-0.15, -0.1) is 0 Å². The van der Waals surface area contributed by atoms with Crippen molar-refractivity contribution in [2.45, 2.75) is 129 Å². The van der Waals surface area contributed by atoms with Crippen LogP contribution in [0.25, 0.3) is 0 Å². The number of hydrogen-bond acceptors (Lipinski definition) is 6. The fraction of sp³-hybridized carbons (Fsp3) is 0.774. The molecule has 228 valence electrons. The van der Waals surface area contributed by atoms with Gasteiger partial charge in [0.25, 0.3) is 5.56 Å². The monoisotopic (exact) mass is 580 g/mol. The van der Waals surface area contributed by atoms with Crippen molar-refractivity contribution in [1.82, 2.24) is 9.55 Å². The number of aromatic nitrogens is 2. The van der Waals surface area contributed by atoms with Crippen LogP contribution in [0.15, 0.2) is 33.7 Å².